The average Bonchev–Trinajstić information content (AvgIpc) is 2.38. The van der Waals surface area contributed by atoms with E-state index in [2.05, 4.69) is 4.72 Å². The fourth-order valence-corrected chi connectivity index (χ4v) is 2.69. The Morgan fingerprint density at radius 1 is 1.33 bits per heavy atom. The summed E-state index contributed by atoms with van der Waals surface area (Å²) in [6, 6.07) is 4.79. The molecule has 0 atom stereocenters. The van der Waals surface area contributed by atoms with Crippen molar-refractivity contribution in [2.24, 2.45) is 0 Å². The molecule has 1 rings (SSSR count). The Kier molecular flexibility index (Phi) is 5.74. The van der Waals surface area contributed by atoms with E-state index in [1.165, 1.54) is 13.2 Å². The molecule has 0 aromatic heterocycles. The number of rotatable bonds is 7. The minimum atomic E-state index is -3.53. The normalized spacial score (nSPS) is 11.7. The van der Waals surface area contributed by atoms with Crippen LogP contribution in [0.15, 0.2) is 23.1 Å². The van der Waals surface area contributed by atoms with Crippen LogP contribution in [-0.4, -0.2) is 33.8 Å². The Bertz CT molecular complexity index is 485. The van der Waals surface area contributed by atoms with Gasteiger partial charge in [-0.3, -0.25) is 0 Å². The summed E-state index contributed by atoms with van der Waals surface area (Å²) in [5.74, 6) is 0. The van der Waals surface area contributed by atoms with Crippen LogP contribution in [0.1, 0.15) is 18.1 Å². The van der Waals surface area contributed by atoms with E-state index in [0.29, 0.717) is 12.2 Å². The number of nitrogens with one attached hydrogen (secondary N) is 1. The number of ether oxygens (including phenoxy) is 1. The lowest BCUT2D eigenvalue weighted by Crippen LogP contribution is -2.27. The van der Waals surface area contributed by atoms with Crippen molar-refractivity contribution in [3.8, 4) is 0 Å². The number of aliphatic hydroxyl groups excluding tert-OH is 1. The molecule has 0 radical (unpaired) electrons. The predicted molar refractivity (Wildman–Crippen MR) is 68.8 cm³/mol. The molecule has 0 amide bonds. The van der Waals surface area contributed by atoms with Gasteiger partial charge in [0.15, 0.2) is 0 Å². The topological polar surface area (TPSA) is 75.6 Å². The molecule has 0 heterocycles. The van der Waals surface area contributed by atoms with Gasteiger partial charge in [-0.05, 0) is 29.7 Å². The molecule has 102 valence electrons. The first kappa shape index (κ1) is 15.1. The van der Waals surface area contributed by atoms with Gasteiger partial charge >= 0.3 is 0 Å². The maximum Gasteiger partial charge on any atom is 0.240 e. The molecule has 18 heavy (non-hydrogen) atoms. The lowest BCUT2D eigenvalue weighted by molar-refractivity contribution is 0.204. The van der Waals surface area contributed by atoms with Crippen molar-refractivity contribution in [2.45, 2.75) is 24.8 Å². The highest BCUT2D eigenvalue weighted by atomic mass is 32.2. The van der Waals surface area contributed by atoms with E-state index in [-0.39, 0.29) is 18.0 Å². The van der Waals surface area contributed by atoms with Gasteiger partial charge in [0.1, 0.15) is 0 Å². The summed E-state index contributed by atoms with van der Waals surface area (Å²) in [4.78, 5) is 0.167. The first-order valence-corrected chi connectivity index (χ1v) is 7.24. The highest BCUT2D eigenvalue weighted by Crippen LogP contribution is 2.16. The molecular formula is C12H19NO4S. The van der Waals surface area contributed by atoms with E-state index in [1.54, 1.807) is 12.1 Å². The van der Waals surface area contributed by atoms with Gasteiger partial charge in [0.2, 0.25) is 10.0 Å². The zero-order valence-electron chi connectivity index (χ0n) is 10.6. The van der Waals surface area contributed by atoms with Crippen LogP contribution in [0.4, 0.5) is 0 Å². The maximum atomic E-state index is 11.9. The molecule has 6 heteroatoms. The van der Waals surface area contributed by atoms with Gasteiger partial charge in [0.25, 0.3) is 0 Å². The molecule has 0 aliphatic carbocycles. The van der Waals surface area contributed by atoms with E-state index in [0.717, 1.165) is 12.0 Å². The van der Waals surface area contributed by atoms with Crippen LogP contribution in [0.5, 0.6) is 0 Å². The van der Waals surface area contributed by atoms with Crippen molar-refractivity contribution in [3.05, 3.63) is 29.3 Å². The fraction of sp³-hybridized carbons (Fsp3) is 0.500. The summed E-state index contributed by atoms with van der Waals surface area (Å²) in [5.41, 5.74) is 1.60. The molecule has 1 aromatic carbocycles. The highest BCUT2D eigenvalue weighted by Gasteiger charge is 2.14. The standard InChI is InChI=1S/C12H19NO4S/c1-3-10-4-5-12(8-11(10)9-14)18(15,16)13-6-7-17-2/h4-5,8,13-14H,3,6-7,9H2,1-2H3. The number of hydrogen-bond acceptors (Lipinski definition) is 4. The summed E-state index contributed by atoms with van der Waals surface area (Å²) in [5, 5.41) is 9.22. The number of aliphatic hydroxyl groups is 1. The summed E-state index contributed by atoms with van der Waals surface area (Å²) < 4.78 is 31.1. The summed E-state index contributed by atoms with van der Waals surface area (Å²) >= 11 is 0. The van der Waals surface area contributed by atoms with Crippen LogP contribution < -0.4 is 4.72 Å². The second-order valence-electron chi connectivity index (χ2n) is 3.83. The van der Waals surface area contributed by atoms with Crippen LogP contribution in [0, 0.1) is 0 Å². The fourth-order valence-electron chi connectivity index (χ4n) is 1.62. The molecule has 0 saturated carbocycles. The minimum absolute atomic E-state index is 0.162. The molecule has 0 bridgehead atoms. The molecule has 0 spiro atoms. The molecule has 2 N–H and O–H groups in total. The third-order valence-electron chi connectivity index (χ3n) is 2.64. The van der Waals surface area contributed by atoms with Gasteiger partial charge in [-0.25, -0.2) is 13.1 Å². The van der Waals surface area contributed by atoms with E-state index < -0.39 is 10.0 Å². The molecule has 0 fully saturated rings. The van der Waals surface area contributed by atoms with Crippen LogP contribution in [0.25, 0.3) is 0 Å². The third kappa shape index (κ3) is 3.78. The number of sulfonamides is 1. The Hall–Kier alpha value is -0.950. The molecule has 1 aromatic rings. The zero-order valence-corrected chi connectivity index (χ0v) is 11.5. The lowest BCUT2D eigenvalue weighted by Gasteiger charge is -2.10. The number of hydrogen-bond donors (Lipinski definition) is 2. The Morgan fingerprint density at radius 3 is 2.61 bits per heavy atom. The van der Waals surface area contributed by atoms with Crippen molar-refractivity contribution in [3.63, 3.8) is 0 Å². The van der Waals surface area contributed by atoms with E-state index in [4.69, 9.17) is 4.74 Å². The molecular weight excluding hydrogens is 254 g/mol. The summed E-state index contributed by atoms with van der Waals surface area (Å²) in [7, 11) is -2.02. The van der Waals surface area contributed by atoms with Gasteiger partial charge in [0, 0.05) is 13.7 Å². The van der Waals surface area contributed by atoms with Crippen molar-refractivity contribution in [1.82, 2.24) is 4.72 Å². The Morgan fingerprint density at radius 2 is 2.06 bits per heavy atom. The van der Waals surface area contributed by atoms with Gasteiger partial charge in [-0.2, -0.15) is 0 Å². The van der Waals surface area contributed by atoms with Crippen LogP contribution >= 0.6 is 0 Å². The number of benzene rings is 1. The van der Waals surface area contributed by atoms with Gasteiger partial charge in [0.05, 0.1) is 18.1 Å². The van der Waals surface area contributed by atoms with Crippen LogP contribution in [0.3, 0.4) is 0 Å². The smallest absolute Gasteiger partial charge is 0.240 e. The van der Waals surface area contributed by atoms with Crippen LogP contribution in [-0.2, 0) is 27.8 Å². The number of aryl methyl sites for hydroxylation is 1. The van der Waals surface area contributed by atoms with Gasteiger partial charge in [-0.15, -0.1) is 0 Å². The predicted octanol–water partition coefficient (Wildman–Crippen LogP) is 0.666. The summed E-state index contributed by atoms with van der Waals surface area (Å²) in [6.45, 7) is 2.34. The Labute approximate surface area is 108 Å². The van der Waals surface area contributed by atoms with E-state index in [9.17, 15) is 13.5 Å². The first-order chi connectivity index (χ1) is 8.55. The lowest BCUT2D eigenvalue weighted by atomic mass is 10.1. The first-order valence-electron chi connectivity index (χ1n) is 5.76. The van der Waals surface area contributed by atoms with Crippen molar-refractivity contribution in [2.75, 3.05) is 20.3 Å². The summed E-state index contributed by atoms with van der Waals surface area (Å²) in [6.07, 6.45) is 0.757. The maximum absolute atomic E-state index is 11.9. The number of methoxy groups -OCH3 is 1. The SMILES string of the molecule is CCc1ccc(S(=O)(=O)NCCOC)cc1CO. The molecule has 5 nitrogen and oxygen atoms in total. The molecule has 0 unspecified atom stereocenters. The van der Waals surface area contributed by atoms with Crippen molar-refractivity contribution < 1.29 is 18.3 Å². The van der Waals surface area contributed by atoms with Crippen LogP contribution in [0.2, 0.25) is 0 Å². The second kappa shape index (κ2) is 6.84. The highest BCUT2D eigenvalue weighted by molar-refractivity contribution is 7.89. The Balaban J connectivity index is 2.95. The minimum Gasteiger partial charge on any atom is -0.392 e. The third-order valence-corrected chi connectivity index (χ3v) is 4.10. The second-order valence-corrected chi connectivity index (χ2v) is 5.60. The van der Waals surface area contributed by atoms with E-state index >= 15 is 0 Å². The molecule has 0 aliphatic rings. The quantitative estimate of drug-likeness (QED) is 0.716. The molecule has 0 aliphatic heterocycles. The van der Waals surface area contributed by atoms with Crippen molar-refractivity contribution in [1.29, 1.82) is 0 Å². The largest absolute Gasteiger partial charge is 0.392 e. The monoisotopic (exact) mass is 273 g/mol. The van der Waals surface area contributed by atoms with Crippen molar-refractivity contribution >= 4 is 10.0 Å². The van der Waals surface area contributed by atoms with Gasteiger partial charge in [-0.1, -0.05) is 13.0 Å². The van der Waals surface area contributed by atoms with Gasteiger partial charge < -0.3 is 9.84 Å². The molecule has 0 saturated heterocycles. The van der Waals surface area contributed by atoms with E-state index in [1.807, 2.05) is 6.92 Å². The average molecular weight is 273 g/mol. The zero-order chi connectivity index (χ0) is 13.6.